The van der Waals surface area contributed by atoms with E-state index in [-0.39, 0.29) is 5.91 Å². The van der Waals surface area contributed by atoms with Crippen LogP contribution in [0.3, 0.4) is 0 Å². The Morgan fingerprint density at radius 3 is 3.12 bits per heavy atom. The summed E-state index contributed by atoms with van der Waals surface area (Å²) in [5.74, 6) is -0.112. The van der Waals surface area contributed by atoms with Crippen molar-refractivity contribution < 1.29 is 4.79 Å². The molecule has 1 aromatic rings. The highest BCUT2D eigenvalue weighted by Gasteiger charge is 2.05. The van der Waals surface area contributed by atoms with E-state index in [0.717, 1.165) is 12.2 Å². The van der Waals surface area contributed by atoms with Gasteiger partial charge in [-0.05, 0) is 7.05 Å². The SMILES string of the molecule is CC(=O)Nc1nc(CN(C)CCC#N)cs1. The minimum Gasteiger partial charge on any atom is -0.302 e. The van der Waals surface area contributed by atoms with Gasteiger partial charge < -0.3 is 5.32 Å². The molecule has 1 N–H and O–H groups in total. The summed E-state index contributed by atoms with van der Waals surface area (Å²) in [5, 5.41) is 13.6. The largest absolute Gasteiger partial charge is 0.302 e. The van der Waals surface area contributed by atoms with E-state index in [1.807, 2.05) is 17.3 Å². The van der Waals surface area contributed by atoms with Crippen LogP contribution in [-0.2, 0) is 11.3 Å². The van der Waals surface area contributed by atoms with Crippen molar-refractivity contribution in [2.24, 2.45) is 0 Å². The smallest absolute Gasteiger partial charge is 0.223 e. The zero-order chi connectivity index (χ0) is 12.0. The molecule has 1 rings (SSSR count). The topological polar surface area (TPSA) is 69.0 Å². The lowest BCUT2D eigenvalue weighted by Gasteiger charge is -2.12. The molecule has 6 heteroatoms. The number of nitrogens with one attached hydrogen (secondary N) is 1. The van der Waals surface area contributed by atoms with Crippen LogP contribution in [0.1, 0.15) is 19.0 Å². The highest BCUT2D eigenvalue weighted by atomic mass is 32.1. The molecule has 0 spiro atoms. The Kier molecular flexibility index (Phi) is 4.89. The zero-order valence-corrected chi connectivity index (χ0v) is 10.2. The molecular formula is C10H14N4OS. The van der Waals surface area contributed by atoms with Crippen molar-refractivity contribution in [2.45, 2.75) is 19.9 Å². The minimum atomic E-state index is -0.112. The number of thiazole rings is 1. The number of amides is 1. The average molecular weight is 238 g/mol. The Bertz CT molecular complexity index is 396. The van der Waals surface area contributed by atoms with Gasteiger partial charge in [0.05, 0.1) is 11.8 Å². The monoisotopic (exact) mass is 238 g/mol. The Morgan fingerprint density at radius 2 is 2.50 bits per heavy atom. The quantitative estimate of drug-likeness (QED) is 0.843. The highest BCUT2D eigenvalue weighted by Crippen LogP contribution is 2.16. The van der Waals surface area contributed by atoms with Crippen molar-refractivity contribution in [3.05, 3.63) is 11.1 Å². The van der Waals surface area contributed by atoms with Gasteiger partial charge in [0, 0.05) is 31.8 Å². The van der Waals surface area contributed by atoms with Crippen LogP contribution in [0, 0.1) is 11.3 Å². The van der Waals surface area contributed by atoms with Gasteiger partial charge in [-0.3, -0.25) is 9.69 Å². The normalized spacial score (nSPS) is 10.1. The first-order valence-electron chi connectivity index (χ1n) is 4.89. The van der Waals surface area contributed by atoms with Crippen LogP contribution in [-0.4, -0.2) is 29.4 Å². The van der Waals surface area contributed by atoms with Crippen LogP contribution in [0.25, 0.3) is 0 Å². The lowest BCUT2D eigenvalue weighted by atomic mass is 10.4. The first kappa shape index (κ1) is 12.6. The van der Waals surface area contributed by atoms with E-state index >= 15 is 0 Å². The third-order valence-corrected chi connectivity index (χ3v) is 2.68. The summed E-state index contributed by atoms with van der Waals surface area (Å²) in [5.41, 5.74) is 0.911. The zero-order valence-electron chi connectivity index (χ0n) is 9.36. The molecule has 1 amide bonds. The molecule has 0 aliphatic rings. The first-order valence-corrected chi connectivity index (χ1v) is 5.77. The molecule has 0 fully saturated rings. The van der Waals surface area contributed by atoms with E-state index in [4.69, 9.17) is 5.26 Å². The molecule has 86 valence electrons. The van der Waals surface area contributed by atoms with Crippen LogP contribution in [0.4, 0.5) is 5.13 Å². The number of carbonyl (C=O) groups is 1. The summed E-state index contributed by atoms with van der Waals surface area (Å²) in [6.07, 6.45) is 0.513. The maximum atomic E-state index is 10.8. The van der Waals surface area contributed by atoms with Crippen molar-refractivity contribution >= 4 is 22.4 Å². The maximum Gasteiger partial charge on any atom is 0.223 e. The lowest BCUT2D eigenvalue weighted by molar-refractivity contribution is -0.114. The van der Waals surface area contributed by atoms with E-state index in [0.29, 0.717) is 18.1 Å². The van der Waals surface area contributed by atoms with Crippen LogP contribution in [0.5, 0.6) is 0 Å². The van der Waals surface area contributed by atoms with Gasteiger partial charge >= 0.3 is 0 Å². The van der Waals surface area contributed by atoms with E-state index in [2.05, 4.69) is 16.4 Å². The molecule has 0 bridgehead atoms. The highest BCUT2D eigenvalue weighted by molar-refractivity contribution is 7.13. The molecule has 0 aromatic carbocycles. The van der Waals surface area contributed by atoms with Crippen molar-refractivity contribution in [1.29, 1.82) is 5.26 Å². The molecule has 0 aliphatic carbocycles. The summed E-state index contributed by atoms with van der Waals surface area (Å²) in [6.45, 7) is 2.88. The van der Waals surface area contributed by atoms with Gasteiger partial charge in [0.25, 0.3) is 0 Å². The Hall–Kier alpha value is -1.45. The van der Waals surface area contributed by atoms with Gasteiger partial charge in [0.2, 0.25) is 5.91 Å². The van der Waals surface area contributed by atoms with Crippen molar-refractivity contribution in [1.82, 2.24) is 9.88 Å². The van der Waals surface area contributed by atoms with Crippen LogP contribution in [0.2, 0.25) is 0 Å². The number of nitriles is 1. The van der Waals surface area contributed by atoms with Crippen LogP contribution in [0.15, 0.2) is 5.38 Å². The summed E-state index contributed by atoms with van der Waals surface area (Å²) >= 11 is 1.41. The van der Waals surface area contributed by atoms with Gasteiger partial charge in [-0.2, -0.15) is 5.26 Å². The Balaban J connectivity index is 2.45. The standard InChI is InChI=1S/C10H14N4OS/c1-8(15)12-10-13-9(7-16-10)6-14(2)5-3-4-11/h7H,3,5-6H2,1-2H3,(H,12,13,15). The second kappa shape index (κ2) is 6.20. The minimum absolute atomic E-state index is 0.112. The second-order valence-corrected chi connectivity index (χ2v) is 4.33. The predicted molar refractivity (Wildman–Crippen MR) is 63.0 cm³/mol. The number of rotatable bonds is 5. The lowest BCUT2D eigenvalue weighted by Crippen LogP contribution is -2.19. The molecule has 0 saturated heterocycles. The number of nitrogens with zero attached hydrogens (tertiary/aromatic N) is 3. The van der Waals surface area contributed by atoms with Gasteiger partial charge in [-0.15, -0.1) is 11.3 Å². The first-order chi connectivity index (χ1) is 7.61. The number of anilines is 1. The third-order valence-electron chi connectivity index (χ3n) is 1.87. The number of carbonyl (C=O) groups excluding carboxylic acids is 1. The van der Waals surface area contributed by atoms with Gasteiger partial charge in [-0.25, -0.2) is 4.98 Å². The molecule has 0 aliphatic heterocycles. The van der Waals surface area contributed by atoms with E-state index in [1.165, 1.54) is 18.3 Å². The molecule has 0 unspecified atom stereocenters. The third kappa shape index (κ3) is 4.38. The summed E-state index contributed by atoms with van der Waals surface area (Å²) in [7, 11) is 1.94. The van der Waals surface area contributed by atoms with Gasteiger partial charge in [0.15, 0.2) is 5.13 Å². The Labute approximate surface area is 98.7 Å². The molecule has 1 aromatic heterocycles. The van der Waals surface area contributed by atoms with Crippen LogP contribution >= 0.6 is 11.3 Å². The fourth-order valence-electron chi connectivity index (χ4n) is 1.18. The summed E-state index contributed by atoms with van der Waals surface area (Å²) in [6, 6.07) is 2.10. The number of aromatic nitrogens is 1. The molecule has 0 atom stereocenters. The van der Waals surface area contributed by atoms with E-state index in [9.17, 15) is 4.79 Å². The fourth-order valence-corrected chi connectivity index (χ4v) is 1.93. The average Bonchev–Trinajstić information content (AvgIpc) is 2.61. The van der Waals surface area contributed by atoms with Crippen molar-refractivity contribution in [2.75, 3.05) is 18.9 Å². The van der Waals surface area contributed by atoms with E-state index < -0.39 is 0 Å². The second-order valence-electron chi connectivity index (χ2n) is 3.47. The van der Waals surface area contributed by atoms with Crippen molar-refractivity contribution in [3.63, 3.8) is 0 Å². The molecule has 0 radical (unpaired) electrons. The van der Waals surface area contributed by atoms with E-state index in [1.54, 1.807) is 0 Å². The van der Waals surface area contributed by atoms with Crippen molar-refractivity contribution in [3.8, 4) is 6.07 Å². The molecule has 1 heterocycles. The fraction of sp³-hybridized carbons (Fsp3) is 0.500. The molecule has 5 nitrogen and oxygen atoms in total. The number of hydrogen-bond donors (Lipinski definition) is 1. The van der Waals surface area contributed by atoms with Gasteiger partial charge in [-0.1, -0.05) is 0 Å². The molecular weight excluding hydrogens is 224 g/mol. The molecule has 16 heavy (non-hydrogen) atoms. The molecule has 0 saturated carbocycles. The number of hydrogen-bond acceptors (Lipinski definition) is 5. The predicted octanol–water partition coefficient (Wildman–Crippen LogP) is 1.45. The Morgan fingerprint density at radius 1 is 1.75 bits per heavy atom. The van der Waals surface area contributed by atoms with Crippen LogP contribution < -0.4 is 5.32 Å². The summed E-state index contributed by atoms with van der Waals surface area (Å²) < 4.78 is 0. The maximum absolute atomic E-state index is 10.8. The van der Waals surface area contributed by atoms with Gasteiger partial charge in [0.1, 0.15) is 0 Å². The summed E-state index contributed by atoms with van der Waals surface area (Å²) in [4.78, 5) is 17.1.